The summed E-state index contributed by atoms with van der Waals surface area (Å²) >= 11 is 0. The number of hydrogen-bond acceptors (Lipinski definition) is 4. The first-order chi connectivity index (χ1) is 11.7. The van der Waals surface area contributed by atoms with E-state index in [0.717, 1.165) is 31.6 Å². The van der Waals surface area contributed by atoms with Gasteiger partial charge in [-0.15, -0.1) is 0 Å². The third kappa shape index (κ3) is 3.72. The highest BCUT2D eigenvalue weighted by Crippen LogP contribution is 2.20. The molecule has 24 heavy (non-hydrogen) atoms. The summed E-state index contributed by atoms with van der Waals surface area (Å²) in [5, 5.41) is 3.23. The maximum Gasteiger partial charge on any atom is 0.257 e. The third-order valence-electron chi connectivity index (χ3n) is 4.49. The Hall–Kier alpha value is -2.43. The van der Waals surface area contributed by atoms with Gasteiger partial charge in [-0.05, 0) is 36.8 Å². The molecule has 1 saturated heterocycles. The lowest BCUT2D eigenvalue weighted by atomic mass is 10.00. The quantitative estimate of drug-likeness (QED) is 0.932. The van der Waals surface area contributed by atoms with Crippen LogP contribution < -0.4 is 5.32 Å². The van der Waals surface area contributed by atoms with E-state index in [1.54, 1.807) is 12.4 Å². The second kappa shape index (κ2) is 7.43. The minimum Gasteiger partial charge on any atom is -0.338 e. The molecule has 1 aromatic carbocycles. The van der Waals surface area contributed by atoms with Gasteiger partial charge in [-0.2, -0.15) is 0 Å². The maximum absolute atomic E-state index is 12.5. The number of carbonyl (C=O) groups excluding carboxylic acids is 1. The Labute approximate surface area is 143 Å². The number of hydrogen-bond donors (Lipinski definition) is 1. The van der Waals surface area contributed by atoms with Crippen LogP contribution in [0.15, 0.2) is 36.7 Å². The number of benzene rings is 1. The topological polar surface area (TPSA) is 58.1 Å². The van der Waals surface area contributed by atoms with Crippen molar-refractivity contribution >= 4 is 17.5 Å². The first-order valence-corrected chi connectivity index (χ1v) is 8.63. The van der Waals surface area contributed by atoms with Gasteiger partial charge in [0, 0.05) is 31.2 Å². The molecule has 1 aromatic heterocycles. The number of nitrogens with one attached hydrogen (secondary N) is 1. The van der Waals surface area contributed by atoms with Crippen LogP contribution in [0.1, 0.15) is 42.6 Å². The molecule has 1 aliphatic heterocycles. The highest BCUT2D eigenvalue weighted by Gasteiger charge is 2.22. The van der Waals surface area contributed by atoms with Gasteiger partial charge in [0.25, 0.3) is 5.91 Å². The van der Waals surface area contributed by atoms with E-state index in [1.165, 1.54) is 12.0 Å². The van der Waals surface area contributed by atoms with Crippen molar-refractivity contribution in [3.63, 3.8) is 0 Å². The Morgan fingerprint density at radius 2 is 2.04 bits per heavy atom. The summed E-state index contributed by atoms with van der Waals surface area (Å²) in [4.78, 5) is 23.1. The molecule has 3 rings (SSSR count). The molecule has 0 bridgehead atoms. The van der Waals surface area contributed by atoms with Gasteiger partial charge in [0.05, 0.1) is 5.56 Å². The zero-order valence-electron chi connectivity index (χ0n) is 14.3. The van der Waals surface area contributed by atoms with E-state index in [-0.39, 0.29) is 5.91 Å². The molecule has 1 N–H and O–H groups in total. The lowest BCUT2D eigenvalue weighted by Gasteiger charge is -2.30. The Morgan fingerprint density at radius 3 is 2.75 bits per heavy atom. The molecule has 2 heterocycles. The van der Waals surface area contributed by atoms with E-state index in [4.69, 9.17) is 0 Å². The lowest BCUT2D eigenvalue weighted by Crippen LogP contribution is -2.39. The van der Waals surface area contributed by atoms with E-state index in [2.05, 4.69) is 35.2 Å². The molecule has 0 saturated carbocycles. The molecule has 1 unspecified atom stereocenters. The Kier molecular flexibility index (Phi) is 5.08. The van der Waals surface area contributed by atoms with Crippen LogP contribution in [0.5, 0.6) is 0 Å². The minimum absolute atomic E-state index is 0.0297. The van der Waals surface area contributed by atoms with Gasteiger partial charge < -0.3 is 10.2 Å². The number of aromatic nitrogens is 2. The van der Waals surface area contributed by atoms with E-state index >= 15 is 0 Å². The van der Waals surface area contributed by atoms with Crippen molar-refractivity contribution in [2.75, 3.05) is 18.4 Å². The molecule has 0 aliphatic carbocycles. The fourth-order valence-corrected chi connectivity index (χ4v) is 3.13. The number of likely N-dealkylation sites (tertiary alicyclic amines) is 1. The molecule has 1 atom stereocenters. The first kappa shape index (κ1) is 16.4. The molecular weight excluding hydrogens is 300 g/mol. The smallest absolute Gasteiger partial charge is 0.257 e. The van der Waals surface area contributed by atoms with Gasteiger partial charge in [-0.25, -0.2) is 9.97 Å². The number of aryl methyl sites for hydroxylation is 1. The van der Waals surface area contributed by atoms with Crippen LogP contribution in [0.4, 0.5) is 11.6 Å². The van der Waals surface area contributed by atoms with Gasteiger partial charge in [0.2, 0.25) is 5.95 Å². The van der Waals surface area contributed by atoms with Crippen molar-refractivity contribution in [3.8, 4) is 0 Å². The number of rotatable bonds is 4. The standard InChI is InChI=1S/C19H24N4O/c1-3-15-8-4-5-9-17(15)22-19-20-11-16(12-21-19)18(24)23-10-6-7-14(2)13-23/h4-5,8-9,11-12,14H,3,6-7,10,13H2,1-2H3,(H,20,21,22). The van der Waals surface area contributed by atoms with Gasteiger partial charge in [0.1, 0.15) is 0 Å². The lowest BCUT2D eigenvalue weighted by molar-refractivity contribution is 0.0682. The fourth-order valence-electron chi connectivity index (χ4n) is 3.13. The largest absolute Gasteiger partial charge is 0.338 e. The second-order valence-corrected chi connectivity index (χ2v) is 6.43. The highest BCUT2D eigenvalue weighted by atomic mass is 16.2. The predicted octanol–water partition coefficient (Wildman–Crippen LogP) is 3.65. The van der Waals surface area contributed by atoms with E-state index in [9.17, 15) is 4.79 Å². The van der Waals surface area contributed by atoms with Crippen LogP contribution in [0, 0.1) is 5.92 Å². The molecule has 0 spiro atoms. The van der Waals surface area contributed by atoms with Crippen molar-refractivity contribution in [2.45, 2.75) is 33.1 Å². The summed E-state index contributed by atoms with van der Waals surface area (Å²) in [6, 6.07) is 8.09. The molecule has 126 valence electrons. The third-order valence-corrected chi connectivity index (χ3v) is 4.49. The maximum atomic E-state index is 12.5. The number of anilines is 2. The first-order valence-electron chi connectivity index (χ1n) is 8.63. The van der Waals surface area contributed by atoms with Gasteiger partial charge in [0.15, 0.2) is 0 Å². The molecule has 5 nitrogen and oxygen atoms in total. The van der Waals surface area contributed by atoms with Crippen molar-refractivity contribution < 1.29 is 4.79 Å². The van der Waals surface area contributed by atoms with Crippen LogP contribution in [0.25, 0.3) is 0 Å². The molecule has 2 aromatic rings. The molecule has 5 heteroatoms. The van der Waals surface area contributed by atoms with Crippen LogP contribution in [0.2, 0.25) is 0 Å². The van der Waals surface area contributed by atoms with E-state index in [0.29, 0.717) is 17.4 Å². The van der Waals surface area contributed by atoms with Crippen LogP contribution in [-0.4, -0.2) is 33.9 Å². The van der Waals surface area contributed by atoms with Gasteiger partial charge >= 0.3 is 0 Å². The normalized spacial score (nSPS) is 17.6. The van der Waals surface area contributed by atoms with Crippen molar-refractivity contribution in [1.29, 1.82) is 0 Å². The number of piperidine rings is 1. The number of carbonyl (C=O) groups is 1. The van der Waals surface area contributed by atoms with E-state index < -0.39 is 0 Å². The summed E-state index contributed by atoms with van der Waals surface area (Å²) < 4.78 is 0. The summed E-state index contributed by atoms with van der Waals surface area (Å²) in [5.74, 6) is 1.11. The van der Waals surface area contributed by atoms with Crippen molar-refractivity contribution in [3.05, 3.63) is 47.8 Å². The van der Waals surface area contributed by atoms with Crippen molar-refractivity contribution in [2.24, 2.45) is 5.92 Å². The average molecular weight is 324 g/mol. The Morgan fingerprint density at radius 1 is 1.29 bits per heavy atom. The second-order valence-electron chi connectivity index (χ2n) is 6.43. The highest BCUT2D eigenvalue weighted by molar-refractivity contribution is 5.93. The zero-order chi connectivity index (χ0) is 16.9. The number of para-hydroxylation sites is 1. The van der Waals surface area contributed by atoms with Crippen molar-refractivity contribution in [1.82, 2.24) is 14.9 Å². The Balaban J connectivity index is 1.70. The predicted molar refractivity (Wildman–Crippen MR) is 95.4 cm³/mol. The molecule has 1 aliphatic rings. The molecule has 0 radical (unpaired) electrons. The minimum atomic E-state index is 0.0297. The zero-order valence-corrected chi connectivity index (χ0v) is 14.3. The molecular formula is C19H24N4O. The number of amides is 1. The summed E-state index contributed by atoms with van der Waals surface area (Å²) in [6.07, 6.45) is 6.44. The monoisotopic (exact) mass is 324 g/mol. The molecule has 1 fully saturated rings. The Bertz CT molecular complexity index is 699. The van der Waals surface area contributed by atoms with Gasteiger partial charge in [-0.1, -0.05) is 32.0 Å². The fraction of sp³-hybridized carbons (Fsp3) is 0.421. The summed E-state index contributed by atoms with van der Waals surface area (Å²) in [6.45, 7) is 5.95. The number of nitrogens with zero attached hydrogens (tertiary/aromatic N) is 3. The SMILES string of the molecule is CCc1ccccc1Nc1ncc(C(=O)N2CCCC(C)C2)cn1. The summed E-state index contributed by atoms with van der Waals surface area (Å²) in [7, 11) is 0. The molecule has 1 amide bonds. The van der Waals surface area contributed by atoms with Gasteiger partial charge in [-0.3, -0.25) is 4.79 Å². The van der Waals surface area contributed by atoms with Crippen LogP contribution >= 0.6 is 0 Å². The summed E-state index contributed by atoms with van der Waals surface area (Å²) in [5.41, 5.74) is 2.77. The average Bonchev–Trinajstić information content (AvgIpc) is 2.62. The van der Waals surface area contributed by atoms with Crippen LogP contribution in [0.3, 0.4) is 0 Å². The van der Waals surface area contributed by atoms with E-state index in [1.807, 2.05) is 23.1 Å². The van der Waals surface area contributed by atoms with Crippen LogP contribution in [-0.2, 0) is 6.42 Å².